The summed E-state index contributed by atoms with van der Waals surface area (Å²) in [7, 11) is -4.12. The Morgan fingerprint density at radius 2 is 2.05 bits per heavy atom. The van der Waals surface area contributed by atoms with Crippen LogP contribution in [0.4, 0.5) is 10.1 Å². The van der Waals surface area contributed by atoms with Gasteiger partial charge in [0.15, 0.2) is 0 Å². The zero-order valence-electron chi connectivity index (χ0n) is 11.7. The van der Waals surface area contributed by atoms with E-state index >= 15 is 0 Å². The van der Waals surface area contributed by atoms with Crippen LogP contribution in [0.3, 0.4) is 0 Å². The summed E-state index contributed by atoms with van der Waals surface area (Å²) in [6, 6.07) is 2.18. The van der Waals surface area contributed by atoms with E-state index in [-0.39, 0.29) is 12.3 Å². The molecule has 0 atom stereocenters. The number of ether oxygens (including phenoxy) is 1. The Balaban J connectivity index is 2.36. The zero-order valence-corrected chi connectivity index (χ0v) is 12.5. The highest BCUT2D eigenvalue weighted by atomic mass is 32.2. The number of nitrogens with one attached hydrogen (secondary N) is 1. The molecule has 0 radical (unpaired) electrons. The minimum atomic E-state index is -4.12. The van der Waals surface area contributed by atoms with E-state index in [4.69, 9.17) is 10.5 Å². The van der Waals surface area contributed by atoms with E-state index in [9.17, 15) is 17.9 Å². The molecule has 8 heteroatoms. The summed E-state index contributed by atoms with van der Waals surface area (Å²) in [6.07, 6.45) is 0.650. The number of halogens is 1. The van der Waals surface area contributed by atoms with Crippen molar-refractivity contribution in [3.8, 4) is 0 Å². The molecule has 2 rings (SSSR count). The SMILES string of the molecule is Cc1cc(F)c(S(=O)(=O)NC2(CO)CCOCC2)cc1N. The van der Waals surface area contributed by atoms with Gasteiger partial charge in [-0.25, -0.2) is 17.5 Å². The van der Waals surface area contributed by atoms with Crippen molar-refractivity contribution in [2.45, 2.75) is 30.2 Å². The molecule has 118 valence electrons. The summed E-state index contributed by atoms with van der Waals surface area (Å²) in [5, 5.41) is 9.52. The first-order valence-electron chi connectivity index (χ1n) is 6.58. The molecule has 0 unspecified atom stereocenters. The normalized spacial score (nSPS) is 18.6. The molecule has 1 saturated heterocycles. The molecule has 1 fully saturated rings. The molecule has 0 amide bonds. The molecule has 0 aromatic heterocycles. The van der Waals surface area contributed by atoms with Crippen molar-refractivity contribution in [1.29, 1.82) is 0 Å². The van der Waals surface area contributed by atoms with Gasteiger partial charge in [0, 0.05) is 18.9 Å². The Kier molecular flexibility index (Phi) is 4.52. The van der Waals surface area contributed by atoms with Gasteiger partial charge in [0.1, 0.15) is 10.7 Å². The van der Waals surface area contributed by atoms with E-state index < -0.39 is 26.3 Å². The Hall–Kier alpha value is -1.22. The van der Waals surface area contributed by atoms with Crippen molar-refractivity contribution in [2.24, 2.45) is 0 Å². The topological polar surface area (TPSA) is 102 Å². The van der Waals surface area contributed by atoms with Crippen LogP contribution in [-0.2, 0) is 14.8 Å². The third kappa shape index (κ3) is 3.34. The van der Waals surface area contributed by atoms with Gasteiger partial charge in [-0.2, -0.15) is 0 Å². The number of nitrogen functional groups attached to an aromatic ring is 1. The van der Waals surface area contributed by atoms with E-state index in [1.54, 1.807) is 6.92 Å². The first-order valence-corrected chi connectivity index (χ1v) is 8.06. The average Bonchev–Trinajstić information content (AvgIpc) is 2.43. The second kappa shape index (κ2) is 5.88. The minimum absolute atomic E-state index is 0.196. The standard InChI is InChI=1S/C13H19FN2O4S/c1-9-6-10(14)12(7-11(9)15)21(18,19)16-13(8-17)2-4-20-5-3-13/h6-7,16-17H,2-5,8,15H2,1H3. The monoisotopic (exact) mass is 318 g/mol. The van der Waals surface area contributed by atoms with E-state index in [1.165, 1.54) is 0 Å². The lowest BCUT2D eigenvalue weighted by Crippen LogP contribution is -2.54. The lowest BCUT2D eigenvalue weighted by Gasteiger charge is -2.35. The molecule has 0 spiro atoms. The third-order valence-electron chi connectivity index (χ3n) is 3.71. The number of aryl methyl sites for hydroxylation is 1. The maximum atomic E-state index is 13.9. The van der Waals surface area contributed by atoms with Gasteiger partial charge < -0.3 is 15.6 Å². The first kappa shape index (κ1) is 16.2. The highest BCUT2D eigenvalue weighted by Crippen LogP contribution is 2.26. The summed E-state index contributed by atoms with van der Waals surface area (Å²) in [5.41, 5.74) is 5.30. The quantitative estimate of drug-likeness (QED) is 0.703. The molecule has 0 aliphatic carbocycles. The summed E-state index contributed by atoms with van der Waals surface area (Å²) in [6.45, 7) is 1.89. The predicted molar refractivity (Wildman–Crippen MR) is 75.7 cm³/mol. The van der Waals surface area contributed by atoms with Crippen molar-refractivity contribution in [3.05, 3.63) is 23.5 Å². The fourth-order valence-electron chi connectivity index (χ4n) is 2.27. The summed E-state index contributed by atoms with van der Waals surface area (Å²) in [5.74, 6) is -0.866. The van der Waals surface area contributed by atoms with E-state index in [1.807, 2.05) is 0 Å². The Morgan fingerprint density at radius 1 is 1.43 bits per heavy atom. The number of nitrogens with two attached hydrogens (primary N) is 1. The van der Waals surface area contributed by atoms with Crippen LogP contribution in [0.2, 0.25) is 0 Å². The van der Waals surface area contributed by atoms with Crippen LogP contribution in [0.25, 0.3) is 0 Å². The van der Waals surface area contributed by atoms with Crippen LogP contribution < -0.4 is 10.5 Å². The van der Waals surface area contributed by atoms with Gasteiger partial charge in [-0.05, 0) is 37.5 Å². The number of aliphatic hydroxyl groups is 1. The fraction of sp³-hybridized carbons (Fsp3) is 0.538. The highest BCUT2D eigenvalue weighted by Gasteiger charge is 2.37. The lowest BCUT2D eigenvalue weighted by atomic mass is 9.93. The number of anilines is 1. The molecule has 1 aromatic carbocycles. The highest BCUT2D eigenvalue weighted by molar-refractivity contribution is 7.89. The van der Waals surface area contributed by atoms with Crippen LogP contribution in [-0.4, -0.2) is 38.9 Å². The van der Waals surface area contributed by atoms with E-state index in [0.29, 0.717) is 31.6 Å². The van der Waals surface area contributed by atoms with Crippen molar-refractivity contribution >= 4 is 15.7 Å². The summed E-state index contributed by atoms with van der Waals surface area (Å²) >= 11 is 0. The molecular weight excluding hydrogens is 299 g/mol. The fourth-order valence-corrected chi connectivity index (χ4v) is 3.82. The Morgan fingerprint density at radius 3 is 2.62 bits per heavy atom. The molecule has 1 aliphatic rings. The van der Waals surface area contributed by atoms with Crippen LogP contribution in [0.5, 0.6) is 0 Å². The number of hydrogen-bond donors (Lipinski definition) is 3. The van der Waals surface area contributed by atoms with Gasteiger partial charge in [0.2, 0.25) is 10.0 Å². The number of hydrogen-bond acceptors (Lipinski definition) is 5. The van der Waals surface area contributed by atoms with Gasteiger partial charge in [-0.3, -0.25) is 0 Å². The number of rotatable bonds is 4. The van der Waals surface area contributed by atoms with Crippen molar-refractivity contribution < 1.29 is 22.7 Å². The van der Waals surface area contributed by atoms with Crippen molar-refractivity contribution in [1.82, 2.24) is 4.72 Å². The lowest BCUT2D eigenvalue weighted by molar-refractivity contribution is 0.0222. The van der Waals surface area contributed by atoms with Crippen LogP contribution in [0.15, 0.2) is 17.0 Å². The zero-order chi connectivity index (χ0) is 15.7. The number of benzene rings is 1. The maximum Gasteiger partial charge on any atom is 0.244 e. The van der Waals surface area contributed by atoms with Crippen LogP contribution in [0, 0.1) is 12.7 Å². The second-order valence-electron chi connectivity index (χ2n) is 5.30. The molecule has 0 saturated carbocycles. The summed E-state index contributed by atoms with van der Waals surface area (Å²) in [4.78, 5) is -0.509. The van der Waals surface area contributed by atoms with Gasteiger partial charge in [-0.15, -0.1) is 0 Å². The largest absolute Gasteiger partial charge is 0.398 e. The molecule has 1 heterocycles. The molecule has 1 aromatic rings. The second-order valence-corrected chi connectivity index (χ2v) is 6.95. The smallest absolute Gasteiger partial charge is 0.244 e. The molecule has 4 N–H and O–H groups in total. The number of aliphatic hydroxyl groups excluding tert-OH is 1. The van der Waals surface area contributed by atoms with Gasteiger partial charge in [0.05, 0.1) is 12.1 Å². The molecule has 1 aliphatic heterocycles. The Labute approximate surface area is 123 Å². The minimum Gasteiger partial charge on any atom is -0.398 e. The van der Waals surface area contributed by atoms with Gasteiger partial charge in [-0.1, -0.05) is 0 Å². The summed E-state index contributed by atoms with van der Waals surface area (Å²) < 4.78 is 46.3. The van der Waals surface area contributed by atoms with Crippen LogP contribution >= 0.6 is 0 Å². The van der Waals surface area contributed by atoms with Crippen LogP contribution in [0.1, 0.15) is 18.4 Å². The Bertz CT molecular complexity index is 627. The van der Waals surface area contributed by atoms with E-state index in [0.717, 1.165) is 12.1 Å². The third-order valence-corrected chi connectivity index (χ3v) is 5.31. The molecule has 21 heavy (non-hydrogen) atoms. The number of sulfonamides is 1. The van der Waals surface area contributed by atoms with Crippen molar-refractivity contribution in [2.75, 3.05) is 25.6 Å². The molecule has 0 bridgehead atoms. The molecular formula is C13H19FN2O4S. The predicted octanol–water partition coefficient (Wildman–Crippen LogP) is 0.536. The average molecular weight is 318 g/mol. The molecule has 6 nitrogen and oxygen atoms in total. The van der Waals surface area contributed by atoms with E-state index in [2.05, 4.69) is 4.72 Å². The first-order chi connectivity index (χ1) is 9.80. The van der Waals surface area contributed by atoms with Crippen molar-refractivity contribution in [3.63, 3.8) is 0 Å². The van der Waals surface area contributed by atoms with Gasteiger partial charge in [0.25, 0.3) is 0 Å². The van der Waals surface area contributed by atoms with Gasteiger partial charge >= 0.3 is 0 Å². The maximum absolute atomic E-state index is 13.9.